The van der Waals surface area contributed by atoms with Gasteiger partial charge in [-0.05, 0) is 37.1 Å². The zero-order valence-corrected chi connectivity index (χ0v) is 14.2. The number of nitrogens with two attached hydrogens (primary N) is 1. The van der Waals surface area contributed by atoms with Crippen LogP contribution in [-0.4, -0.2) is 30.6 Å². The number of benzene rings is 1. The Bertz CT molecular complexity index is 700. The Hall–Kier alpha value is -2.44. The van der Waals surface area contributed by atoms with Crippen molar-refractivity contribution in [3.63, 3.8) is 0 Å². The summed E-state index contributed by atoms with van der Waals surface area (Å²) in [6.07, 6.45) is 1.61. The Morgan fingerprint density at radius 2 is 2.08 bits per heavy atom. The van der Waals surface area contributed by atoms with Crippen molar-refractivity contribution in [1.29, 1.82) is 0 Å². The van der Waals surface area contributed by atoms with Crippen molar-refractivity contribution >= 4 is 11.6 Å². The Morgan fingerprint density at radius 3 is 2.75 bits per heavy atom. The van der Waals surface area contributed by atoms with Gasteiger partial charge in [-0.15, -0.1) is 0 Å². The molecule has 1 aromatic heterocycles. The predicted molar refractivity (Wildman–Crippen MR) is 93.3 cm³/mol. The van der Waals surface area contributed by atoms with Crippen LogP contribution in [0, 0.1) is 13.8 Å². The number of pyridine rings is 1. The van der Waals surface area contributed by atoms with E-state index in [4.69, 9.17) is 15.2 Å². The van der Waals surface area contributed by atoms with Crippen LogP contribution in [0.15, 0.2) is 36.5 Å². The standard InChI is InChI=1S/C18H23N3O3/c1-12-6-7-20-18(8-12)24-16-9-14(5-4-13(16)2)21-17(22)10-15(11-19)23-3/h4-9,15H,10-11,19H2,1-3H3,(H,21,22). The first kappa shape index (κ1) is 17.9. The monoisotopic (exact) mass is 329 g/mol. The summed E-state index contributed by atoms with van der Waals surface area (Å²) in [5.74, 6) is 1.01. The number of aryl methyl sites for hydroxylation is 2. The number of rotatable bonds is 7. The van der Waals surface area contributed by atoms with E-state index in [1.165, 1.54) is 7.11 Å². The van der Waals surface area contributed by atoms with E-state index >= 15 is 0 Å². The molecule has 3 N–H and O–H groups in total. The molecule has 6 nitrogen and oxygen atoms in total. The lowest BCUT2D eigenvalue weighted by atomic mass is 10.2. The molecule has 6 heteroatoms. The topological polar surface area (TPSA) is 86.5 Å². The maximum atomic E-state index is 12.0. The molecule has 0 aliphatic carbocycles. The minimum atomic E-state index is -0.289. The number of amides is 1. The van der Waals surface area contributed by atoms with Crippen LogP contribution in [0.25, 0.3) is 0 Å². The normalized spacial score (nSPS) is 11.8. The zero-order chi connectivity index (χ0) is 17.5. The van der Waals surface area contributed by atoms with Gasteiger partial charge in [0.1, 0.15) is 5.75 Å². The van der Waals surface area contributed by atoms with Gasteiger partial charge in [-0.1, -0.05) is 6.07 Å². The number of carbonyl (C=O) groups excluding carboxylic acids is 1. The second kappa shape index (κ2) is 8.42. The fourth-order valence-corrected chi connectivity index (χ4v) is 2.15. The third-order valence-electron chi connectivity index (χ3n) is 3.59. The zero-order valence-electron chi connectivity index (χ0n) is 14.2. The summed E-state index contributed by atoms with van der Waals surface area (Å²) in [4.78, 5) is 16.2. The lowest BCUT2D eigenvalue weighted by molar-refractivity contribution is -0.118. The average molecular weight is 329 g/mol. The highest BCUT2D eigenvalue weighted by Crippen LogP contribution is 2.27. The average Bonchev–Trinajstić information content (AvgIpc) is 2.56. The molecule has 0 saturated heterocycles. The summed E-state index contributed by atoms with van der Waals surface area (Å²) in [7, 11) is 1.54. The van der Waals surface area contributed by atoms with Crippen LogP contribution in [0.2, 0.25) is 0 Å². The molecule has 24 heavy (non-hydrogen) atoms. The van der Waals surface area contributed by atoms with E-state index in [9.17, 15) is 4.79 Å². The molecule has 1 aromatic carbocycles. The van der Waals surface area contributed by atoms with Crippen LogP contribution >= 0.6 is 0 Å². The number of anilines is 1. The van der Waals surface area contributed by atoms with Crippen molar-refractivity contribution < 1.29 is 14.3 Å². The number of nitrogens with one attached hydrogen (secondary N) is 1. The summed E-state index contributed by atoms with van der Waals surface area (Å²) < 4.78 is 11.0. The summed E-state index contributed by atoms with van der Waals surface area (Å²) in [5.41, 5.74) is 8.20. The Kier molecular flexibility index (Phi) is 6.28. The molecular weight excluding hydrogens is 306 g/mol. The fourth-order valence-electron chi connectivity index (χ4n) is 2.15. The van der Waals surface area contributed by atoms with Gasteiger partial charge in [-0.3, -0.25) is 4.79 Å². The highest BCUT2D eigenvalue weighted by atomic mass is 16.5. The molecule has 0 aliphatic heterocycles. The quantitative estimate of drug-likeness (QED) is 0.816. The van der Waals surface area contributed by atoms with Crippen LogP contribution in [-0.2, 0) is 9.53 Å². The highest BCUT2D eigenvalue weighted by Gasteiger charge is 2.12. The first-order valence-electron chi connectivity index (χ1n) is 7.75. The van der Waals surface area contributed by atoms with Crippen LogP contribution < -0.4 is 15.8 Å². The first-order valence-corrected chi connectivity index (χ1v) is 7.75. The molecular formula is C18H23N3O3. The number of aromatic nitrogens is 1. The molecule has 0 aliphatic rings. The largest absolute Gasteiger partial charge is 0.439 e. The van der Waals surface area contributed by atoms with E-state index in [1.54, 1.807) is 12.3 Å². The van der Waals surface area contributed by atoms with Gasteiger partial charge in [-0.2, -0.15) is 0 Å². The summed E-state index contributed by atoms with van der Waals surface area (Å²) in [6.45, 7) is 4.21. The van der Waals surface area contributed by atoms with Crippen LogP contribution in [0.1, 0.15) is 17.5 Å². The molecule has 2 rings (SSSR count). The van der Waals surface area contributed by atoms with Gasteiger partial charge in [0.2, 0.25) is 11.8 Å². The van der Waals surface area contributed by atoms with E-state index in [-0.39, 0.29) is 18.4 Å². The van der Waals surface area contributed by atoms with Crippen molar-refractivity contribution in [2.75, 3.05) is 19.0 Å². The molecule has 0 saturated carbocycles. The van der Waals surface area contributed by atoms with Gasteiger partial charge < -0.3 is 20.5 Å². The highest BCUT2D eigenvalue weighted by molar-refractivity contribution is 5.91. The molecule has 0 fully saturated rings. The molecule has 1 amide bonds. The third-order valence-corrected chi connectivity index (χ3v) is 3.59. The number of hydrogen-bond acceptors (Lipinski definition) is 5. The number of ether oxygens (including phenoxy) is 2. The number of nitrogens with zero attached hydrogens (tertiary/aromatic N) is 1. The minimum Gasteiger partial charge on any atom is -0.439 e. The second-order valence-electron chi connectivity index (χ2n) is 5.60. The molecule has 0 bridgehead atoms. The van der Waals surface area contributed by atoms with E-state index in [0.717, 1.165) is 11.1 Å². The van der Waals surface area contributed by atoms with E-state index in [1.807, 2.05) is 38.1 Å². The second-order valence-corrected chi connectivity index (χ2v) is 5.60. The Balaban J connectivity index is 2.09. The molecule has 0 spiro atoms. The van der Waals surface area contributed by atoms with Gasteiger partial charge in [-0.25, -0.2) is 4.98 Å². The minimum absolute atomic E-state index is 0.157. The Morgan fingerprint density at radius 1 is 1.29 bits per heavy atom. The maximum Gasteiger partial charge on any atom is 0.227 e. The number of hydrogen-bond donors (Lipinski definition) is 2. The van der Waals surface area contributed by atoms with Gasteiger partial charge in [0, 0.05) is 37.7 Å². The Labute approximate surface area is 142 Å². The van der Waals surface area contributed by atoms with Crippen LogP contribution in [0.4, 0.5) is 5.69 Å². The summed E-state index contributed by atoms with van der Waals surface area (Å²) in [6, 6.07) is 9.25. The number of carbonyl (C=O) groups is 1. The van der Waals surface area contributed by atoms with Crippen molar-refractivity contribution in [2.45, 2.75) is 26.4 Å². The van der Waals surface area contributed by atoms with Crippen LogP contribution in [0.3, 0.4) is 0 Å². The molecule has 1 heterocycles. The fraction of sp³-hybridized carbons (Fsp3) is 0.333. The predicted octanol–water partition coefficient (Wildman–Crippen LogP) is 2.79. The van der Waals surface area contributed by atoms with Crippen molar-refractivity contribution in [3.05, 3.63) is 47.7 Å². The molecule has 1 atom stereocenters. The number of methoxy groups -OCH3 is 1. The lowest BCUT2D eigenvalue weighted by Gasteiger charge is -2.14. The van der Waals surface area contributed by atoms with Crippen molar-refractivity contribution in [1.82, 2.24) is 4.98 Å². The third kappa shape index (κ3) is 5.04. The summed E-state index contributed by atoms with van der Waals surface area (Å²) >= 11 is 0. The lowest BCUT2D eigenvalue weighted by Crippen LogP contribution is -2.28. The van der Waals surface area contributed by atoms with E-state index in [2.05, 4.69) is 10.3 Å². The molecule has 128 valence electrons. The van der Waals surface area contributed by atoms with Crippen molar-refractivity contribution in [2.24, 2.45) is 5.73 Å². The van der Waals surface area contributed by atoms with E-state index < -0.39 is 0 Å². The molecule has 0 radical (unpaired) electrons. The van der Waals surface area contributed by atoms with E-state index in [0.29, 0.717) is 23.9 Å². The van der Waals surface area contributed by atoms with Gasteiger partial charge in [0.25, 0.3) is 0 Å². The van der Waals surface area contributed by atoms with Gasteiger partial charge in [0.15, 0.2) is 0 Å². The summed E-state index contributed by atoms with van der Waals surface area (Å²) in [5, 5.41) is 2.83. The SMILES string of the molecule is COC(CN)CC(=O)Nc1ccc(C)c(Oc2cc(C)ccn2)c1. The molecule has 2 aromatic rings. The molecule has 1 unspecified atom stereocenters. The smallest absolute Gasteiger partial charge is 0.227 e. The first-order chi connectivity index (χ1) is 11.5. The van der Waals surface area contributed by atoms with Gasteiger partial charge in [0.05, 0.1) is 12.5 Å². The van der Waals surface area contributed by atoms with Crippen LogP contribution in [0.5, 0.6) is 11.6 Å². The maximum absolute atomic E-state index is 12.0. The van der Waals surface area contributed by atoms with Gasteiger partial charge >= 0.3 is 0 Å². The van der Waals surface area contributed by atoms with Crippen molar-refractivity contribution in [3.8, 4) is 11.6 Å².